The number of amidine groups is 1. The lowest BCUT2D eigenvalue weighted by atomic mass is 10.1. The fourth-order valence-electron chi connectivity index (χ4n) is 3.35. The average Bonchev–Trinajstić information content (AvgIpc) is 3.03. The number of benzene rings is 2. The van der Waals surface area contributed by atoms with Gasteiger partial charge in [-0.25, -0.2) is 8.42 Å². The van der Waals surface area contributed by atoms with Gasteiger partial charge in [0.05, 0.1) is 11.4 Å². The van der Waals surface area contributed by atoms with Crippen molar-refractivity contribution in [2.24, 2.45) is 4.40 Å². The van der Waals surface area contributed by atoms with Crippen molar-refractivity contribution in [1.29, 1.82) is 0 Å². The van der Waals surface area contributed by atoms with Crippen LogP contribution in [0.3, 0.4) is 0 Å². The molecular weight excluding hydrogens is 394 g/mol. The summed E-state index contributed by atoms with van der Waals surface area (Å²) >= 11 is 1.31. The standard InChI is InChI=1S/C20H21N3O3S2/c1-22(11-5-8-15-6-3-2-4-7-15)19(24)16-9-10-17-18(14-16)27-20-21-28(25,26)13-12-23(17)20/h2-4,6-7,9-10,14H,5,8,11-13H2,1H3. The predicted octanol–water partition coefficient (Wildman–Crippen LogP) is 3.00. The molecule has 8 heteroatoms. The highest BCUT2D eigenvalue weighted by Crippen LogP contribution is 2.42. The van der Waals surface area contributed by atoms with E-state index in [0.717, 1.165) is 23.4 Å². The maximum Gasteiger partial charge on any atom is 0.257 e. The number of hydrogen-bond donors (Lipinski definition) is 0. The van der Waals surface area contributed by atoms with Gasteiger partial charge in [0, 0.05) is 30.6 Å². The first kappa shape index (κ1) is 19.0. The van der Waals surface area contributed by atoms with Crippen LogP contribution in [0.5, 0.6) is 0 Å². The highest BCUT2D eigenvalue weighted by Gasteiger charge is 2.33. The minimum atomic E-state index is -3.38. The van der Waals surface area contributed by atoms with Gasteiger partial charge in [-0.1, -0.05) is 30.3 Å². The van der Waals surface area contributed by atoms with Gasteiger partial charge in [-0.15, -0.1) is 4.40 Å². The number of hydrogen-bond acceptors (Lipinski definition) is 5. The fraction of sp³-hybridized carbons (Fsp3) is 0.300. The van der Waals surface area contributed by atoms with E-state index in [9.17, 15) is 13.2 Å². The normalized spacial score (nSPS) is 16.9. The second kappa shape index (κ2) is 7.60. The molecule has 146 valence electrons. The molecule has 0 saturated carbocycles. The molecule has 0 spiro atoms. The van der Waals surface area contributed by atoms with Gasteiger partial charge in [0.1, 0.15) is 0 Å². The summed E-state index contributed by atoms with van der Waals surface area (Å²) < 4.78 is 27.3. The van der Waals surface area contributed by atoms with Gasteiger partial charge >= 0.3 is 0 Å². The fourth-order valence-corrected chi connectivity index (χ4v) is 5.65. The van der Waals surface area contributed by atoms with E-state index in [2.05, 4.69) is 16.5 Å². The van der Waals surface area contributed by atoms with Crippen LogP contribution in [0.2, 0.25) is 0 Å². The molecule has 0 saturated heterocycles. The third-order valence-corrected chi connectivity index (χ3v) is 7.17. The number of fused-ring (bicyclic) bond motifs is 3. The maximum absolute atomic E-state index is 12.8. The molecule has 0 aromatic heterocycles. The van der Waals surface area contributed by atoms with Crippen LogP contribution in [0, 0.1) is 0 Å². The summed E-state index contributed by atoms with van der Waals surface area (Å²) in [6.07, 6.45) is 1.83. The van der Waals surface area contributed by atoms with Crippen molar-refractivity contribution in [1.82, 2.24) is 4.90 Å². The lowest BCUT2D eigenvalue weighted by molar-refractivity contribution is 0.0793. The molecule has 2 heterocycles. The number of nitrogens with zero attached hydrogens (tertiary/aromatic N) is 3. The summed E-state index contributed by atoms with van der Waals surface area (Å²) in [7, 11) is -1.56. The lowest BCUT2D eigenvalue weighted by Gasteiger charge is -2.22. The Morgan fingerprint density at radius 2 is 2.00 bits per heavy atom. The number of thioether (sulfide) groups is 1. The molecule has 0 radical (unpaired) electrons. The third-order valence-electron chi connectivity index (χ3n) is 4.87. The molecule has 2 aliphatic heterocycles. The summed E-state index contributed by atoms with van der Waals surface area (Å²) in [5.74, 6) is -0.0164. The SMILES string of the molecule is CN(CCCc1ccccc1)C(=O)c1ccc2c(c1)SC1=NS(=O)(=O)CCN12. The van der Waals surface area contributed by atoms with Crippen LogP contribution in [-0.4, -0.2) is 50.3 Å². The number of sulfonamides is 1. The van der Waals surface area contributed by atoms with Crippen LogP contribution in [0.25, 0.3) is 0 Å². The Kier molecular flexibility index (Phi) is 5.16. The number of aryl methyl sites for hydroxylation is 1. The molecule has 6 nitrogen and oxygen atoms in total. The number of carbonyl (C=O) groups is 1. The van der Waals surface area contributed by atoms with Gasteiger partial charge in [-0.3, -0.25) is 4.79 Å². The average molecular weight is 416 g/mol. The van der Waals surface area contributed by atoms with Gasteiger partial charge in [0.15, 0.2) is 5.17 Å². The zero-order chi connectivity index (χ0) is 19.7. The Labute approximate surface area is 169 Å². The summed E-state index contributed by atoms with van der Waals surface area (Å²) in [6, 6.07) is 15.8. The molecule has 4 rings (SSSR count). The molecule has 2 aromatic rings. The van der Waals surface area contributed by atoms with Gasteiger partial charge < -0.3 is 9.80 Å². The molecule has 0 fully saturated rings. The highest BCUT2D eigenvalue weighted by molar-refractivity contribution is 8.15. The Balaban J connectivity index is 1.42. The molecule has 0 unspecified atom stereocenters. The third kappa shape index (κ3) is 3.93. The zero-order valence-electron chi connectivity index (χ0n) is 15.5. The molecule has 0 bridgehead atoms. The van der Waals surface area contributed by atoms with Crippen molar-refractivity contribution in [2.75, 3.05) is 30.8 Å². The Hall–Kier alpha value is -2.32. The van der Waals surface area contributed by atoms with Gasteiger partial charge in [0.25, 0.3) is 15.9 Å². The van der Waals surface area contributed by atoms with Crippen molar-refractivity contribution in [3.8, 4) is 0 Å². The van der Waals surface area contributed by atoms with E-state index in [0.29, 0.717) is 23.8 Å². The van der Waals surface area contributed by atoms with Crippen molar-refractivity contribution in [2.45, 2.75) is 17.7 Å². The van der Waals surface area contributed by atoms with Crippen LogP contribution in [0.1, 0.15) is 22.3 Å². The molecular formula is C20H21N3O3S2. The Morgan fingerprint density at radius 3 is 2.79 bits per heavy atom. The van der Waals surface area contributed by atoms with Crippen molar-refractivity contribution in [3.63, 3.8) is 0 Å². The molecule has 2 aliphatic rings. The highest BCUT2D eigenvalue weighted by atomic mass is 32.2. The molecule has 0 aliphatic carbocycles. The number of anilines is 1. The number of carbonyl (C=O) groups excluding carboxylic acids is 1. The lowest BCUT2D eigenvalue weighted by Crippen LogP contribution is -2.35. The summed E-state index contributed by atoms with van der Waals surface area (Å²) in [5, 5.41) is 0.474. The van der Waals surface area contributed by atoms with E-state index in [4.69, 9.17) is 0 Å². The molecule has 1 amide bonds. The Morgan fingerprint density at radius 1 is 1.21 bits per heavy atom. The van der Waals surface area contributed by atoms with E-state index >= 15 is 0 Å². The quantitative estimate of drug-likeness (QED) is 0.751. The Bertz CT molecular complexity index is 1040. The molecule has 0 atom stereocenters. The molecule has 2 aromatic carbocycles. The maximum atomic E-state index is 12.8. The van der Waals surface area contributed by atoms with Crippen molar-refractivity contribution in [3.05, 3.63) is 59.7 Å². The van der Waals surface area contributed by atoms with E-state index < -0.39 is 10.0 Å². The second-order valence-corrected chi connectivity index (χ2v) is 9.68. The van der Waals surface area contributed by atoms with Crippen LogP contribution < -0.4 is 4.90 Å². The summed E-state index contributed by atoms with van der Waals surface area (Å²) in [5.41, 5.74) is 2.79. The minimum absolute atomic E-state index is 0.0152. The molecule has 0 N–H and O–H groups in total. The van der Waals surface area contributed by atoms with Gasteiger partial charge in [-0.2, -0.15) is 0 Å². The smallest absolute Gasteiger partial charge is 0.257 e. The largest absolute Gasteiger partial charge is 0.342 e. The summed E-state index contributed by atoms with van der Waals surface area (Å²) in [6.45, 7) is 1.07. The number of amides is 1. The summed E-state index contributed by atoms with van der Waals surface area (Å²) in [4.78, 5) is 17.3. The van der Waals surface area contributed by atoms with Crippen LogP contribution >= 0.6 is 11.8 Å². The van der Waals surface area contributed by atoms with Crippen molar-refractivity contribution < 1.29 is 13.2 Å². The second-order valence-electron chi connectivity index (χ2n) is 6.91. The van der Waals surface area contributed by atoms with E-state index in [1.54, 1.807) is 4.90 Å². The minimum Gasteiger partial charge on any atom is -0.342 e. The molecule has 28 heavy (non-hydrogen) atoms. The zero-order valence-corrected chi connectivity index (χ0v) is 17.2. The topological polar surface area (TPSA) is 70.0 Å². The van der Waals surface area contributed by atoms with E-state index in [1.807, 2.05) is 48.3 Å². The number of rotatable bonds is 5. The van der Waals surface area contributed by atoms with E-state index in [-0.39, 0.29) is 11.7 Å². The van der Waals surface area contributed by atoms with Gasteiger partial charge in [-0.05, 0) is 48.4 Å². The van der Waals surface area contributed by atoms with Crippen LogP contribution in [0.15, 0.2) is 57.8 Å². The first-order chi connectivity index (χ1) is 13.4. The van der Waals surface area contributed by atoms with Crippen LogP contribution in [-0.2, 0) is 16.4 Å². The first-order valence-corrected chi connectivity index (χ1v) is 11.6. The van der Waals surface area contributed by atoms with Crippen molar-refractivity contribution >= 4 is 38.5 Å². The monoisotopic (exact) mass is 415 g/mol. The van der Waals surface area contributed by atoms with Crippen LogP contribution in [0.4, 0.5) is 5.69 Å². The first-order valence-electron chi connectivity index (χ1n) is 9.14. The van der Waals surface area contributed by atoms with E-state index in [1.165, 1.54) is 17.3 Å². The predicted molar refractivity (Wildman–Crippen MR) is 113 cm³/mol. The van der Waals surface area contributed by atoms with Gasteiger partial charge in [0.2, 0.25) is 0 Å².